The Balaban J connectivity index is 1.74. The third-order valence-corrected chi connectivity index (χ3v) is 6.20. The van der Waals surface area contributed by atoms with E-state index in [-0.39, 0.29) is 17.0 Å². The van der Waals surface area contributed by atoms with E-state index < -0.39 is 15.9 Å². The Morgan fingerprint density at radius 1 is 1.25 bits per heavy atom. The summed E-state index contributed by atoms with van der Waals surface area (Å²) in [7, 11) is -2.17. The van der Waals surface area contributed by atoms with Crippen LogP contribution in [0.4, 0.5) is 0 Å². The molecule has 128 valence electrons. The highest BCUT2D eigenvalue weighted by molar-refractivity contribution is 7.89. The van der Waals surface area contributed by atoms with Crippen molar-refractivity contribution in [2.75, 3.05) is 7.05 Å². The molecule has 1 aromatic heterocycles. The van der Waals surface area contributed by atoms with Gasteiger partial charge in [-0.25, -0.2) is 8.42 Å². The molecule has 2 N–H and O–H groups in total. The lowest BCUT2D eigenvalue weighted by atomic mass is 10.2. The Bertz CT molecular complexity index is 855. The average molecular weight is 348 g/mol. The van der Waals surface area contributed by atoms with Crippen LogP contribution in [0.25, 0.3) is 0 Å². The number of primary amides is 1. The molecular weight excluding hydrogens is 328 g/mol. The van der Waals surface area contributed by atoms with Crippen LogP contribution in [0.3, 0.4) is 0 Å². The summed E-state index contributed by atoms with van der Waals surface area (Å²) in [5, 5.41) is 0. The van der Waals surface area contributed by atoms with Gasteiger partial charge in [0.15, 0.2) is 0 Å². The summed E-state index contributed by atoms with van der Waals surface area (Å²) in [5.41, 5.74) is 5.43. The smallest absolute Gasteiger partial charge is 0.248 e. The maximum atomic E-state index is 12.6. The van der Waals surface area contributed by atoms with E-state index in [1.54, 1.807) is 0 Å². The number of sulfonamides is 1. The Morgan fingerprint density at radius 2 is 1.88 bits per heavy atom. The van der Waals surface area contributed by atoms with E-state index in [1.165, 1.54) is 35.6 Å². The van der Waals surface area contributed by atoms with Crippen LogP contribution in [0.1, 0.15) is 41.1 Å². The summed E-state index contributed by atoms with van der Waals surface area (Å²) in [5.74, 6) is 2.04. The van der Waals surface area contributed by atoms with Gasteiger partial charge in [-0.1, -0.05) is 6.92 Å². The highest BCUT2D eigenvalue weighted by Crippen LogP contribution is 2.47. The minimum atomic E-state index is -3.66. The van der Waals surface area contributed by atoms with Crippen LogP contribution >= 0.6 is 0 Å². The van der Waals surface area contributed by atoms with Gasteiger partial charge in [0.2, 0.25) is 15.9 Å². The van der Waals surface area contributed by atoms with Gasteiger partial charge in [-0.15, -0.1) is 0 Å². The standard InChI is InChI=1S/C17H20N2O4S/c1-11-9-15(11)16-8-5-13(23-16)10-19(2)24(21,22)14-6-3-12(4-7-14)17(18)20/h3-8,11,15H,9-10H2,1-2H3,(H2,18,20)/t11-,15+/m0/s1. The largest absolute Gasteiger partial charge is 0.464 e. The molecule has 1 amide bonds. The molecule has 0 unspecified atom stereocenters. The van der Waals surface area contributed by atoms with E-state index in [4.69, 9.17) is 10.2 Å². The zero-order valence-electron chi connectivity index (χ0n) is 13.6. The summed E-state index contributed by atoms with van der Waals surface area (Å²) < 4.78 is 32.2. The maximum Gasteiger partial charge on any atom is 0.248 e. The SMILES string of the molecule is C[C@H]1C[C@H]1c1ccc(CN(C)S(=O)(=O)c2ccc(C(N)=O)cc2)o1. The fourth-order valence-electron chi connectivity index (χ4n) is 2.67. The summed E-state index contributed by atoms with van der Waals surface area (Å²) in [6, 6.07) is 9.32. The van der Waals surface area contributed by atoms with Crippen LogP contribution in [-0.4, -0.2) is 25.7 Å². The van der Waals surface area contributed by atoms with Crippen molar-refractivity contribution < 1.29 is 17.6 Å². The molecule has 0 saturated heterocycles. The van der Waals surface area contributed by atoms with E-state index in [0.717, 1.165) is 12.2 Å². The lowest BCUT2D eigenvalue weighted by molar-refractivity contribution is 0.1000. The van der Waals surface area contributed by atoms with Gasteiger partial charge >= 0.3 is 0 Å². The van der Waals surface area contributed by atoms with Gasteiger partial charge in [-0.2, -0.15) is 4.31 Å². The first-order valence-electron chi connectivity index (χ1n) is 7.74. The maximum absolute atomic E-state index is 12.6. The van der Waals surface area contributed by atoms with Gasteiger partial charge < -0.3 is 10.2 Å². The molecule has 3 rings (SSSR count). The van der Waals surface area contributed by atoms with Crippen molar-refractivity contribution in [2.24, 2.45) is 11.7 Å². The van der Waals surface area contributed by atoms with Crippen LogP contribution < -0.4 is 5.73 Å². The molecule has 1 saturated carbocycles. The van der Waals surface area contributed by atoms with Crippen molar-refractivity contribution in [3.63, 3.8) is 0 Å². The number of amides is 1. The number of benzene rings is 1. The number of carbonyl (C=O) groups excluding carboxylic acids is 1. The molecule has 0 bridgehead atoms. The Hall–Kier alpha value is -2.12. The molecule has 1 aromatic carbocycles. The van der Waals surface area contributed by atoms with Gasteiger partial charge in [-0.05, 0) is 48.7 Å². The number of nitrogens with two attached hydrogens (primary N) is 1. The third kappa shape index (κ3) is 3.22. The molecule has 1 heterocycles. The number of rotatable bonds is 6. The summed E-state index contributed by atoms with van der Waals surface area (Å²) >= 11 is 0. The monoisotopic (exact) mass is 348 g/mol. The van der Waals surface area contributed by atoms with E-state index >= 15 is 0 Å². The molecule has 0 radical (unpaired) electrons. The second-order valence-electron chi connectivity index (χ2n) is 6.27. The number of furan rings is 1. The molecule has 24 heavy (non-hydrogen) atoms. The Morgan fingerprint density at radius 3 is 2.42 bits per heavy atom. The van der Waals surface area contributed by atoms with E-state index in [2.05, 4.69) is 6.92 Å². The molecule has 1 fully saturated rings. The van der Waals surface area contributed by atoms with E-state index in [9.17, 15) is 13.2 Å². The number of nitrogens with zero attached hydrogens (tertiary/aromatic N) is 1. The topological polar surface area (TPSA) is 93.6 Å². The Kier molecular flexibility index (Phi) is 4.23. The molecule has 1 aliphatic carbocycles. The van der Waals surface area contributed by atoms with Crippen molar-refractivity contribution in [3.05, 3.63) is 53.5 Å². The van der Waals surface area contributed by atoms with Crippen molar-refractivity contribution in [3.8, 4) is 0 Å². The normalized spacial score (nSPS) is 20.3. The predicted molar refractivity (Wildman–Crippen MR) is 88.8 cm³/mol. The van der Waals surface area contributed by atoms with Gasteiger partial charge in [0.05, 0.1) is 11.4 Å². The Labute approximate surface area is 141 Å². The minimum absolute atomic E-state index is 0.109. The first kappa shape index (κ1) is 16.7. The fraction of sp³-hybridized carbons (Fsp3) is 0.353. The first-order valence-corrected chi connectivity index (χ1v) is 9.18. The van der Waals surface area contributed by atoms with Gasteiger partial charge in [0.1, 0.15) is 11.5 Å². The number of hydrogen-bond acceptors (Lipinski definition) is 4. The van der Waals surface area contributed by atoms with Crippen LogP contribution in [0.2, 0.25) is 0 Å². The highest BCUT2D eigenvalue weighted by atomic mass is 32.2. The number of hydrogen-bond donors (Lipinski definition) is 1. The van der Waals surface area contributed by atoms with E-state index in [1.807, 2.05) is 12.1 Å². The van der Waals surface area contributed by atoms with Gasteiger partial charge in [-0.3, -0.25) is 4.79 Å². The minimum Gasteiger partial charge on any atom is -0.464 e. The molecule has 2 aromatic rings. The van der Waals surface area contributed by atoms with Gasteiger partial charge in [0, 0.05) is 18.5 Å². The second kappa shape index (κ2) is 6.07. The van der Waals surface area contributed by atoms with Crippen molar-refractivity contribution in [1.82, 2.24) is 4.31 Å². The van der Waals surface area contributed by atoms with Crippen molar-refractivity contribution in [1.29, 1.82) is 0 Å². The van der Waals surface area contributed by atoms with Gasteiger partial charge in [0.25, 0.3) is 0 Å². The highest BCUT2D eigenvalue weighted by Gasteiger charge is 2.36. The molecule has 0 spiro atoms. The lowest BCUT2D eigenvalue weighted by Gasteiger charge is -2.16. The molecule has 0 aliphatic heterocycles. The van der Waals surface area contributed by atoms with Crippen molar-refractivity contribution >= 4 is 15.9 Å². The predicted octanol–water partition coefficient (Wildman–Crippen LogP) is 2.32. The third-order valence-electron chi connectivity index (χ3n) is 4.38. The zero-order valence-corrected chi connectivity index (χ0v) is 14.4. The van der Waals surface area contributed by atoms with Crippen LogP contribution in [0, 0.1) is 5.92 Å². The number of carbonyl (C=O) groups is 1. The second-order valence-corrected chi connectivity index (χ2v) is 8.32. The zero-order chi connectivity index (χ0) is 17.5. The molecule has 2 atom stereocenters. The summed E-state index contributed by atoms with van der Waals surface area (Å²) in [6.07, 6.45) is 1.12. The van der Waals surface area contributed by atoms with Crippen LogP contribution in [0.5, 0.6) is 0 Å². The molecule has 1 aliphatic rings. The van der Waals surface area contributed by atoms with E-state index in [0.29, 0.717) is 17.6 Å². The van der Waals surface area contributed by atoms with Crippen LogP contribution in [-0.2, 0) is 16.6 Å². The fourth-order valence-corrected chi connectivity index (χ4v) is 3.81. The van der Waals surface area contributed by atoms with Crippen molar-refractivity contribution in [2.45, 2.75) is 30.7 Å². The quantitative estimate of drug-likeness (QED) is 0.867. The lowest BCUT2D eigenvalue weighted by Crippen LogP contribution is -2.26. The summed E-state index contributed by atoms with van der Waals surface area (Å²) in [6.45, 7) is 2.32. The molecule has 7 heteroatoms. The molecular formula is C17H20N2O4S. The average Bonchev–Trinajstić information content (AvgIpc) is 3.09. The first-order chi connectivity index (χ1) is 11.3. The molecule has 6 nitrogen and oxygen atoms in total. The van der Waals surface area contributed by atoms with Crippen LogP contribution in [0.15, 0.2) is 45.7 Å². The summed E-state index contributed by atoms with van der Waals surface area (Å²) in [4.78, 5) is 11.2.